The Labute approximate surface area is 240 Å². The summed E-state index contributed by atoms with van der Waals surface area (Å²) in [5.74, 6) is -1.97. The number of carbonyl (C=O) groups is 4. The van der Waals surface area contributed by atoms with Gasteiger partial charge in [-0.2, -0.15) is 0 Å². The van der Waals surface area contributed by atoms with Crippen molar-refractivity contribution in [2.24, 2.45) is 0 Å². The summed E-state index contributed by atoms with van der Waals surface area (Å²) < 4.78 is 30.5. The van der Waals surface area contributed by atoms with Crippen LogP contribution in [-0.2, 0) is 23.6 Å². The first-order valence-corrected chi connectivity index (χ1v) is 15.5. The molecule has 2 aromatic carbocycles. The minimum absolute atomic E-state index is 0.256. The molecule has 2 aromatic rings. The second-order valence-electron chi connectivity index (χ2n) is 11.2. The third kappa shape index (κ3) is 6.17. The molecule has 0 aliphatic carbocycles. The number of hydrogen-bond acceptors (Lipinski definition) is 8. The average Bonchev–Trinajstić information content (AvgIpc) is 3.66. The van der Waals surface area contributed by atoms with E-state index in [2.05, 4.69) is 0 Å². The number of nitrogens with zero attached hydrogens (tertiary/aromatic N) is 2. The Morgan fingerprint density at radius 3 is 1.68 bits per heavy atom. The fraction of sp³-hybridized carbons (Fsp3) is 0.467. The molecule has 2 amide bonds. The van der Waals surface area contributed by atoms with Crippen LogP contribution in [-0.4, -0.2) is 78.5 Å². The zero-order valence-corrected chi connectivity index (χ0v) is 25.0. The van der Waals surface area contributed by atoms with Gasteiger partial charge in [0.05, 0.1) is 31.1 Å². The summed E-state index contributed by atoms with van der Waals surface area (Å²) in [4.78, 5) is 54.2. The van der Waals surface area contributed by atoms with Crippen molar-refractivity contribution in [3.63, 3.8) is 0 Å². The molecule has 11 heteroatoms. The molecule has 220 valence electrons. The molecular formula is C30H37N2O8P. The van der Waals surface area contributed by atoms with Crippen molar-refractivity contribution < 1.29 is 38.0 Å². The summed E-state index contributed by atoms with van der Waals surface area (Å²) >= 11 is 0. The summed E-state index contributed by atoms with van der Waals surface area (Å²) in [6.07, 6.45) is 1.74. The van der Waals surface area contributed by atoms with E-state index in [9.17, 15) is 19.2 Å². The van der Waals surface area contributed by atoms with Crippen molar-refractivity contribution in [1.82, 2.24) is 9.80 Å². The largest absolute Gasteiger partial charge is 0.465 e. The monoisotopic (exact) mass is 584 g/mol. The number of rotatable bonds is 6. The molecule has 2 heterocycles. The Bertz CT molecular complexity index is 1290. The van der Waals surface area contributed by atoms with Crippen molar-refractivity contribution in [3.05, 3.63) is 59.7 Å². The van der Waals surface area contributed by atoms with Gasteiger partial charge in [-0.3, -0.25) is 9.69 Å². The SMILES string of the molecule is COC(=O)c1ccc(P(=O)(c2ccc(C(=O)OC)cc2)C2CCCN2C(=O)[C@@H]2CCCN2C(=O)OC(C)(C)C)cc1. The molecule has 0 saturated carbocycles. The van der Waals surface area contributed by atoms with E-state index in [1.807, 2.05) is 0 Å². The van der Waals surface area contributed by atoms with Crippen LogP contribution in [0.25, 0.3) is 0 Å². The highest BCUT2D eigenvalue weighted by Crippen LogP contribution is 2.54. The number of carbonyl (C=O) groups excluding carboxylic acids is 4. The second kappa shape index (κ2) is 12.1. The molecule has 2 atom stereocenters. The predicted molar refractivity (Wildman–Crippen MR) is 153 cm³/mol. The maximum absolute atomic E-state index is 15.3. The summed E-state index contributed by atoms with van der Waals surface area (Å²) in [6.45, 7) is 6.14. The van der Waals surface area contributed by atoms with Crippen LogP contribution >= 0.6 is 7.14 Å². The van der Waals surface area contributed by atoms with Crippen molar-refractivity contribution >= 4 is 41.7 Å². The lowest BCUT2D eigenvalue weighted by Crippen LogP contribution is -2.51. The maximum atomic E-state index is 15.3. The topological polar surface area (TPSA) is 120 Å². The highest BCUT2D eigenvalue weighted by molar-refractivity contribution is 7.79. The van der Waals surface area contributed by atoms with Crippen LogP contribution in [0.15, 0.2) is 48.5 Å². The van der Waals surface area contributed by atoms with Crippen LogP contribution in [0.2, 0.25) is 0 Å². The van der Waals surface area contributed by atoms with Gasteiger partial charge in [0.25, 0.3) is 0 Å². The van der Waals surface area contributed by atoms with E-state index in [1.165, 1.54) is 19.1 Å². The molecule has 0 aromatic heterocycles. The smallest absolute Gasteiger partial charge is 0.410 e. The van der Waals surface area contributed by atoms with Crippen LogP contribution in [0.1, 0.15) is 67.2 Å². The normalized spacial score (nSPS) is 19.1. The molecule has 0 N–H and O–H groups in total. The Morgan fingerprint density at radius 1 is 0.756 bits per heavy atom. The lowest BCUT2D eigenvalue weighted by atomic mass is 10.2. The number of esters is 2. The quantitative estimate of drug-likeness (QED) is 0.285. The molecule has 41 heavy (non-hydrogen) atoms. The van der Waals surface area contributed by atoms with Gasteiger partial charge in [-0.1, -0.05) is 24.3 Å². The third-order valence-electron chi connectivity index (χ3n) is 7.43. The molecule has 2 fully saturated rings. The summed E-state index contributed by atoms with van der Waals surface area (Å²) in [5, 5.41) is 0.937. The van der Waals surface area contributed by atoms with Gasteiger partial charge in [0, 0.05) is 23.7 Å². The van der Waals surface area contributed by atoms with Crippen molar-refractivity contribution in [1.29, 1.82) is 0 Å². The van der Waals surface area contributed by atoms with Gasteiger partial charge in [0.2, 0.25) is 5.91 Å². The highest BCUT2D eigenvalue weighted by Gasteiger charge is 2.48. The van der Waals surface area contributed by atoms with E-state index < -0.39 is 42.6 Å². The van der Waals surface area contributed by atoms with Crippen molar-refractivity contribution in [3.8, 4) is 0 Å². The molecule has 2 aliphatic heterocycles. The minimum atomic E-state index is -3.55. The van der Waals surface area contributed by atoms with E-state index in [1.54, 1.807) is 74.2 Å². The van der Waals surface area contributed by atoms with Crippen LogP contribution in [0.4, 0.5) is 4.79 Å². The zero-order chi connectivity index (χ0) is 29.9. The van der Waals surface area contributed by atoms with E-state index >= 15 is 4.57 Å². The van der Waals surface area contributed by atoms with Crippen molar-refractivity contribution in [2.45, 2.75) is 63.9 Å². The van der Waals surface area contributed by atoms with Gasteiger partial charge in [0.15, 0.2) is 7.14 Å². The van der Waals surface area contributed by atoms with Crippen LogP contribution in [0.5, 0.6) is 0 Å². The summed E-state index contributed by atoms with van der Waals surface area (Å²) in [5.41, 5.74) is -0.0874. The lowest BCUT2D eigenvalue weighted by Gasteiger charge is -2.36. The molecule has 2 aliphatic rings. The Hall–Kier alpha value is -3.65. The maximum Gasteiger partial charge on any atom is 0.410 e. The van der Waals surface area contributed by atoms with Gasteiger partial charge in [-0.25, -0.2) is 14.4 Å². The van der Waals surface area contributed by atoms with Gasteiger partial charge < -0.3 is 23.7 Å². The molecule has 0 radical (unpaired) electrons. The Balaban J connectivity index is 1.73. The van der Waals surface area contributed by atoms with E-state index in [0.717, 1.165) is 0 Å². The number of likely N-dealkylation sites (tertiary alicyclic amines) is 2. The van der Waals surface area contributed by atoms with Gasteiger partial charge in [0.1, 0.15) is 11.6 Å². The van der Waals surface area contributed by atoms with Crippen LogP contribution in [0.3, 0.4) is 0 Å². The molecule has 2 saturated heterocycles. The molecule has 1 unspecified atom stereocenters. The van der Waals surface area contributed by atoms with E-state index in [-0.39, 0.29) is 5.91 Å². The third-order valence-corrected chi connectivity index (χ3v) is 10.9. The second-order valence-corrected chi connectivity index (χ2v) is 14.2. The van der Waals surface area contributed by atoms with Gasteiger partial charge >= 0.3 is 18.0 Å². The first-order chi connectivity index (χ1) is 19.4. The van der Waals surface area contributed by atoms with Crippen LogP contribution < -0.4 is 10.6 Å². The Kier molecular flexibility index (Phi) is 8.92. The molecule has 0 spiro atoms. The zero-order valence-electron chi connectivity index (χ0n) is 24.1. The van der Waals surface area contributed by atoms with Crippen molar-refractivity contribution in [2.75, 3.05) is 27.3 Å². The van der Waals surface area contributed by atoms with Crippen LogP contribution in [0, 0.1) is 0 Å². The molecule has 0 bridgehead atoms. The van der Waals surface area contributed by atoms with E-state index in [0.29, 0.717) is 60.5 Å². The molecule has 10 nitrogen and oxygen atoms in total. The highest BCUT2D eigenvalue weighted by atomic mass is 31.2. The minimum Gasteiger partial charge on any atom is -0.465 e. The summed E-state index contributed by atoms with van der Waals surface area (Å²) in [6, 6.07) is 12.0. The Morgan fingerprint density at radius 2 is 1.22 bits per heavy atom. The van der Waals surface area contributed by atoms with Gasteiger partial charge in [-0.15, -0.1) is 0 Å². The predicted octanol–water partition coefficient (Wildman–Crippen LogP) is 3.92. The number of benzene rings is 2. The van der Waals surface area contributed by atoms with E-state index in [4.69, 9.17) is 14.2 Å². The summed E-state index contributed by atoms with van der Waals surface area (Å²) in [7, 11) is -0.975. The standard InChI is InChI=1S/C30H37N2O8P/c1-30(2,3)40-29(36)31-18-6-8-24(31)26(33)32-19-7-9-25(32)41(37,22-14-10-20(11-15-22)27(34)38-4)23-16-12-21(13-17-23)28(35)39-5/h10-17,24-25H,6-9,18-19H2,1-5H3/t24-,25?/m0/s1. The number of amides is 2. The van der Waals surface area contributed by atoms with Gasteiger partial charge in [-0.05, 0) is 70.7 Å². The number of hydrogen-bond donors (Lipinski definition) is 0. The number of methoxy groups -OCH3 is 2. The molecule has 4 rings (SSSR count). The fourth-order valence-corrected chi connectivity index (χ4v) is 8.84. The molecular weight excluding hydrogens is 547 g/mol. The first kappa shape index (κ1) is 30.3. The number of ether oxygens (including phenoxy) is 3. The first-order valence-electron chi connectivity index (χ1n) is 13.7. The lowest BCUT2D eigenvalue weighted by molar-refractivity contribution is -0.135. The average molecular weight is 585 g/mol. The fourth-order valence-electron chi connectivity index (χ4n) is 5.51.